The van der Waals surface area contributed by atoms with Gasteiger partial charge in [0.15, 0.2) is 0 Å². The number of phenols is 2. The van der Waals surface area contributed by atoms with E-state index in [1.807, 2.05) is 13.8 Å². The van der Waals surface area contributed by atoms with Gasteiger partial charge in [-0.1, -0.05) is 24.3 Å². The minimum Gasteiger partial charge on any atom is -0.505 e. The Morgan fingerprint density at radius 1 is 0.833 bits per heavy atom. The molecule has 0 aliphatic carbocycles. The van der Waals surface area contributed by atoms with E-state index in [0.29, 0.717) is 29.5 Å². The van der Waals surface area contributed by atoms with Gasteiger partial charge in [0.05, 0.1) is 25.6 Å². The number of nitrogens with one attached hydrogen (secondary N) is 2. The van der Waals surface area contributed by atoms with Gasteiger partial charge in [0.25, 0.3) is 0 Å². The second-order valence-corrected chi connectivity index (χ2v) is 6.98. The second-order valence-electron chi connectivity index (χ2n) is 6.98. The third-order valence-electron chi connectivity index (χ3n) is 4.39. The van der Waals surface area contributed by atoms with Crippen molar-refractivity contribution in [3.8, 4) is 11.5 Å². The first-order chi connectivity index (χ1) is 14.1. The SMILES string of the molecule is C=C(Cc1cc(C)cc(NC(=O)OC)c1O)Cc1cc(C)cc(NC(=O)OC)c1O. The molecular weight excluding hydrogens is 388 g/mol. The highest BCUT2D eigenvalue weighted by atomic mass is 16.5. The van der Waals surface area contributed by atoms with Crippen molar-refractivity contribution < 1.29 is 29.3 Å². The number of hydrogen-bond acceptors (Lipinski definition) is 6. The first-order valence-corrected chi connectivity index (χ1v) is 9.16. The Hall–Kier alpha value is -3.68. The Bertz CT molecular complexity index is 907. The van der Waals surface area contributed by atoms with E-state index in [0.717, 1.165) is 11.1 Å². The van der Waals surface area contributed by atoms with E-state index in [-0.39, 0.29) is 22.9 Å². The van der Waals surface area contributed by atoms with E-state index < -0.39 is 12.2 Å². The Morgan fingerprint density at radius 3 is 1.53 bits per heavy atom. The number of carbonyl (C=O) groups is 2. The van der Waals surface area contributed by atoms with Crippen LogP contribution >= 0.6 is 0 Å². The number of carbonyl (C=O) groups excluding carboxylic acids is 2. The molecular formula is C22H26N2O6. The molecule has 0 fully saturated rings. The van der Waals surface area contributed by atoms with E-state index in [1.165, 1.54) is 14.2 Å². The molecule has 4 N–H and O–H groups in total. The molecule has 0 saturated heterocycles. The lowest BCUT2D eigenvalue weighted by Crippen LogP contribution is -2.12. The lowest BCUT2D eigenvalue weighted by Gasteiger charge is -2.15. The van der Waals surface area contributed by atoms with E-state index in [9.17, 15) is 19.8 Å². The number of benzene rings is 2. The third-order valence-corrected chi connectivity index (χ3v) is 4.39. The highest BCUT2D eigenvalue weighted by Gasteiger charge is 2.16. The summed E-state index contributed by atoms with van der Waals surface area (Å²) in [5.74, 6) is -0.151. The molecule has 0 heterocycles. The number of ether oxygens (including phenoxy) is 2. The fourth-order valence-corrected chi connectivity index (χ4v) is 3.09. The summed E-state index contributed by atoms with van der Waals surface area (Å²) in [5, 5.41) is 26.0. The molecule has 0 aromatic heterocycles. The molecule has 2 amide bonds. The molecule has 8 nitrogen and oxygen atoms in total. The smallest absolute Gasteiger partial charge is 0.411 e. The van der Waals surface area contributed by atoms with Crippen LogP contribution in [0.4, 0.5) is 21.0 Å². The Labute approximate surface area is 175 Å². The number of aromatic hydroxyl groups is 2. The second kappa shape index (κ2) is 9.69. The molecule has 0 radical (unpaired) electrons. The maximum absolute atomic E-state index is 11.5. The Kier molecular flexibility index (Phi) is 7.30. The predicted molar refractivity (Wildman–Crippen MR) is 114 cm³/mol. The Morgan fingerprint density at radius 2 is 1.20 bits per heavy atom. The van der Waals surface area contributed by atoms with Crippen LogP contribution in [0.15, 0.2) is 36.4 Å². The highest BCUT2D eigenvalue weighted by molar-refractivity contribution is 5.88. The highest BCUT2D eigenvalue weighted by Crippen LogP contribution is 2.34. The van der Waals surface area contributed by atoms with Gasteiger partial charge in [-0.15, -0.1) is 0 Å². The summed E-state index contributed by atoms with van der Waals surface area (Å²) in [6, 6.07) is 6.86. The van der Waals surface area contributed by atoms with Crippen molar-refractivity contribution in [1.29, 1.82) is 0 Å². The lowest BCUT2D eigenvalue weighted by atomic mass is 9.95. The number of anilines is 2. The largest absolute Gasteiger partial charge is 0.505 e. The fourth-order valence-electron chi connectivity index (χ4n) is 3.09. The summed E-state index contributed by atoms with van der Waals surface area (Å²) in [6.07, 6.45) is -0.737. The summed E-state index contributed by atoms with van der Waals surface area (Å²) in [6.45, 7) is 7.73. The van der Waals surface area contributed by atoms with Gasteiger partial charge >= 0.3 is 12.2 Å². The molecule has 0 atom stereocenters. The van der Waals surface area contributed by atoms with Gasteiger partial charge in [0, 0.05) is 11.1 Å². The van der Waals surface area contributed by atoms with Gasteiger partial charge < -0.3 is 19.7 Å². The quantitative estimate of drug-likeness (QED) is 0.411. The van der Waals surface area contributed by atoms with Crippen molar-refractivity contribution in [3.05, 3.63) is 58.7 Å². The van der Waals surface area contributed by atoms with Crippen LogP contribution in [0.2, 0.25) is 0 Å². The number of aryl methyl sites for hydroxylation is 2. The molecule has 2 aromatic rings. The number of amides is 2. The first-order valence-electron chi connectivity index (χ1n) is 9.16. The number of hydrogen-bond donors (Lipinski definition) is 4. The van der Waals surface area contributed by atoms with Crippen molar-refractivity contribution in [2.45, 2.75) is 26.7 Å². The van der Waals surface area contributed by atoms with Crippen molar-refractivity contribution in [3.63, 3.8) is 0 Å². The monoisotopic (exact) mass is 414 g/mol. The molecule has 160 valence electrons. The molecule has 0 saturated carbocycles. The van der Waals surface area contributed by atoms with Crippen LogP contribution < -0.4 is 10.6 Å². The standard InChI is InChI=1S/C22H26N2O6/c1-12(6-15-8-13(2)10-17(19(15)25)23-21(27)29-4)7-16-9-14(3)11-18(20(16)26)24-22(28)30-5/h8-11,25-26H,1,6-7H2,2-5H3,(H,23,27)(H,24,28). The zero-order valence-electron chi connectivity index (χ0n) is 17.5. The van der Waals surface area contributed by atoms with Crippen LogP contribution in [-0.4, -0.2) is 36.6 Å². The van der Waals surface area contributed by atoms with Crippen LogP contribution in [0.1, 0.15) is 22.3 Å². The molecule has 8 heteroatoms. The maximum Gasteiger partial charge on any atom is 0.411 e. The number of rotatable bonds is 6. The zero-order chi connectivity index (χ0) is 22.4. The molecule has 0 unspecified atom stereocenters. The first kappa shape index (κ1) is 22.6. The van der Waals surface area contributed by atoms with Gasteiger partial charge in [-0.05, 0) is 49.9 Å². The summed E-state index contributed by atoms with van der Waals surface area (Å²) in [5.41, 5.74) is 4.03. The third kappa shape index (κ3) is 5.66. The number of methoxy groups -OCH3 is 2. The number of phenolic OH excluding ortho intramolecular Hbond substituents is 2. The number of allylic oxidation sites excluding steroid dienone is 1. The van der Waals surface area contributed by atoms with E-state index in [2.05, 4.69) is 26.7 Å². The van der Waals surface area contributed by atoms with Crippen LogP contribution in [-0.2, 0) is 22.3 Å². The molecule has 2 aromatic carbocycles. The molecule has 30 heavy (non-hydrogen) atoms. The topological polar surface area (TPSA) is 117 Å². The molecule has 0 aliphatic rings. The van der Waals surface area contributed by atoms with Gasteiger partial charge in [-0.3, -0.25) is 10.6 Å². The summed E-state index contributed by atoms with van der Waals surface area (Å²) < 4.78 is 9.15. The summed E-state index contributed by atoms with van der Waals surface area (Å²) in [7, 11) is 2.48. The molecule has 0 spiro atoms. The van der Waals surface area contributed by atoms with Crippen LogP contribution in [0, 0.1) is 13.8 Å². The van der Waals surface area contributed by atoms with E-state index in [4.69, 9.17) is 0 Å². The van der Waals surface area contributed by atoms with Crippen molar-refractivity contribution in [2.75, 3.05) is 24.9 Å². The molecule has 0 bridgehead atoms. The lowest BCUT2D eigenvalue weighted by molar-refractivity contribution is 0.186. The normalized spacial score (nSPS) is 10.3. The van der Waals surface area contributed by atoms with E-state index >= 15 is 0 Å². The van der Waals surface area contributed by atoms with Crippen LogP contribution in [0.5, 0.6) is 11.5 Å². The molecule has 0 aliphatic heterocycles. The average Bonchev–Trinajstić information content (AvgIpc) is 2.68. The Balaban J connectivity index is 2.24. The average molecular weight is 414 g/mol. The summed E-state index contributed by atoms with van der Waals surface area (Å²) in [4.78, 5) is 23.0. The minimum absolute atomic E-state index is 0.0753. The van der Waals surface area contributed by atoms with Crippen molar-refractivity contribution >= 4 is 23.6 Å². The zero-order valence-corrected chi connectivity index (χ0v) is 17.5. The van der Waals surface area contributed by atoms with Gasteiger partial charge in [0.2, 0.25) is 0 Å². The summed E-state index contributed by atoms with van der Waals surface area (Å²) >= 11 is 0. The fraction of sp³-hybridized carbons (Fsp3) is 0.273. The molecule has 2 rings (SSSR count). The van der Waals surface area contributed by atoms with Crippen LogP contribution in [0.25, 0.3) is 0 Å². The van der Waals surface area contributed by atoms with Crippen LogP contribution in [0.3, 0.4) is 0 Å². The van der Waals surface area contributed by atoms with E-state index in [1.54, 1.807) is 24.3 Å². The van der Waals surface area contributed by atoms with Crippen molar-refractivity contribution in [1.82, 2.24) is 0 Å². The van der Waals surface area contributed by atoms with Crippen molar-refractivity contribution in [2.24, 2.45) is 0 Å². The maximum atomic E-state index is 11.5. The van der Waals surface area contributed by atoms with Gasteiger partial charge in [-0.25, -0.2) is 9.59 Å². The van der Waals surface area contributed by atoms with Gasteiger partial charge in [-0.2, -0.15) is 0 Å². The minimum atomic E-state index is -0.684. The predicted octanol–water partition coefficient (Wildman–Crippen LogP) is 4.41. The van der Waals surface area contributed by atoms with Gasteiger partial charge in [0.1, 0.15) is 11.5 Å².